The van der Waals surface area contributed by atoms with Crippen LogP contribution in [0.2, 0.25) is 0 Å². The van der Waals surface area contributed by atoms with Gasteiger partial charge in [0, 0.05) is 32.0 Å². The van der Waals surface area contributed by atoms with E-state index in [1.807, 2.05) is 29.5 Å². The zero-order chi connectivity index (χ0) is 19.6. The molecule has 0 unspecified atom stereocenters. The van der Waals surface area contributed by atoms with Crippen LogP contribution in [-0.2, 0) is 6.42 Å². The van der Waals surface area contributed by atoms with Crippen LogP contribution >= 0.6 is 23.6 Å². The Bertz CT molecular complexity index is 1070. The van der Waals surface area contributed by atoms with Gasteiger partial charge in [0.2, 0.25) is 0 Å². The number of benzene rings is 2. The molecule has 0 spiro atoms. The molecule has 0 amide bonds. The van der Waals surface area contributed by atoms with E-state index in [0.29, 0.717) is 5.92 Å². The quantitative estimate of drug-likeness (QED) is 0.476. The lowest BCUT2D eigenvalue weighted by Crippen LogP contribution is -2.44. The third-order valence-electron chi connectivity index (χ3n) is 5.52. The number of rotatable bonds is 4. The Hall–Kier alpha value is -2.51. The molecule has 1 aliphatic rings. The van der Waals surface area contributed by atoms with Crippen LogP contribution < -0.4 is 5.32 Å². The number of hydrogen-bond donors (Lipinski definition) is 2. The van der Waals surface area contributed by atoms with E-state index in [1.54, 1.807) is 0 Å². The van der Waals surface area contributed by atoms with Gasteiger partial charge in [-0.15, -0.1) is 11.3 Å². The first-order valence-electron chi connectivity index (χ1n) is 10.1. The summed E-state index contributed by atoms with van der Waals surface area (Å²) in [5.74, 6) is 1.54. The average Bonchev–Trinajstić information content (AvgIpc) is 3.37. The van der Waals surface area contributed by atoms with Gasteiger partial charge in [0.1, 0.15) is 5.82 Å². The van der Waals surface area contributed by atoms with E-state index >= 15 is 0 Å². The van der Waals surface area contributed by atoms with Crippen LogP contribution in [0.3, 0.4) is 0 Å². The largest absolute Gasteiger partial charge is 0.362 e. The summed E-state index contributed by atoms with van der Waals surface area (Å²) in [4.78, 5) is 15.1. The summed E-state index contributed by atoms with van der Waals surface area (Å²) in [6, 6.07) is 16.5. The second-order valence-electron chi connectivity index (χ2n) is 7.46. The van der Waals surface area contributed by atoms with Gasteiger partial charge in [0.25, 0.3) is 0 Å². The minimum atomic E-state index is 0.544. The number of nitrogens with zero attached hydrogens (tertiary/aromatic N) is 3. The molecular weight excluding hydrogens is 398 g/mol. The summed E-state index contributed by atoms with van der Waals surface area (Å²) >= 11 is 7.47. The van der Waals surface area contributed by atoms with E-state index in [2.05, 4.69) is 50.5 Å². The Labute approximate surface area is 179 Å². The number of thiazole rings is 1. The SMILES string of the molecule is S=C(NCCc1nc2ccccc2[nH]1)N1CCC(c2nc3ccccc3s2)CC1. The third kappa shape index (κ3) is 3.97. The second kappa shape index (κ2) is 8.08. The van der Waals surface area contributed by atoms with E-state index in [9.17, 15) is 0 Å². The fourth-order valence-electron chi connectivity index (χ4n) is 3.92. The van der Waals surface area contributed by atoms with Crippen molar-refractivity contribution in [3.05, 3.63) is 59.4 Å². The maximum absolute atomic E-state index is 5.63. The molecule has 2 aromatic heterocycles. The van der Waals surface area contributed by atoms with Crippen molar-refractivity contribution in [1.29, 1.82) is 0 Å². The number of H-pyrrole nitrogens is 1. The Morgan fingerprint density at radius 2 is 1.83 bits per heavy atom. The topological polar surface area (TPSA) is 56.8 Å². The Kier molecular flexibility index (Phi) is 5.16. The normalized spacial score (nSPS) is 15.2. The Morgan fingerprint density at radius 1 is 1.07 bits per heavy atom. The van der Waals surface area contributed by atoms with E-state index in [-0.39, 0.29) is 0 Å². The highest BCUT2D eigenvalue weighted by Gasteiger charge is 2.24. The third-order valence-corrected chi connectivity index (χ3v) is 7.12. The molecule has 7 heteroatoms. The predicted octanol–water partition coefficient (Wildman–Crippen LogP) is 4.47. The molecule has 0 aliphatic carbocycles. The predicted molar refractivity (Wildman–Crippen MR) is 124 cm³/mol. The standard InChI is InChI=1S/C22H23N5S2/c28-22(23-12-9-20-24-16-5-1-2-6-17(16)25-20)27-13-10-15(11-14-27)21-26-18-7-3-4-8-19(18)29-21/h1-8,15H,9-14H2,(H,23,28)(H,24,25). The summed E-state index contributed by atoms with van der Waals surface area (Å²) in [5.41, 5.74) is 3.22. The van der Waals surface area contributed by atoms with Crippen LogP contribution in [0.25, 0.3) is 21.3 Å². The molecule has 0 bridgehead atoms. The molecule has 148 valence electrons. The number of imidazole rings is 1. The van der Waals surface area contributed by atoms with Crippen LogP contribution in [0.1, 0.15) is 29.6 Å². The molecule has 4 aromatic rings. The number of aromatic nitrogens is 3. The first-order valence-corrected chi connectivity index (χ1v) is 11.3. The molecule has 5 rings (SSSR count). The molecule has 0 radical (unpaired) electrons. The first-order chi connectivity index (χ1) is 14.3. The highest BCUT2D eigenvalue weighted by molar-refractivity contribution is 7.80. The molecule has 1 saturated heterocycles. The molecule has 5 nitrogen and oxygen atoms in total. The monoisotopic (exact) mass is 421 g/mol. The first kappa shape index (κ1) is 18.5. The van der Waals surface area contributed by atoms with Gasteiger partial charge in [-0.1, -0.05) is 24.3 Å². The van der Waals surface area contributed by atoms with E-state index in [0.717, 1.165) is 66.4 Å². The lowest BCUT2D eigenvalue weighted by molar-refractivity contribution is 0.309. The van der Waals surface area contributed by atoms with E-state index in [1.165, 1.54) is 9.71 Å². The number of para-hydroxylation sites is 3. The summed E-state index contributed by atoms with van der Waals surface area (Å²) in [5, 5.41) is 5.53. The number of hydrogen-bond acceptors (Lipinski definition) is 4. The van der Waals surface area contributed by atoms with Crippen LogP contribution in [0.15, 0.2) is 48.5 Å². The average molecular weight is 422 g/mol. The number of aromatic amines is 1. The van der Waals surface area contributed by atoms with Gasteiger partial charge in [-0.2, -0.15) is 0 Å². The molecule has 0 atom stereocenters. The highest BCUT2D eigenvalue weighted by atomic mass is 32.1. The van der Waals surface area contributed by atoms with Crippen LogP contribution in [-0.4, -0.2) is 44.6 Å². The molecule has 1 aliphatic heterocycles. The highest BCUT2D eigenvalue weighted by Crippen LogP contribution is 2.33. The van der Waals surface area contributed by atoms with Crippen molar-refractivity contribution in [3.63, 3.8) is 0 Å². The van der Waals surface area contributed by atoms with E-state index < -0.39 is 0 Å². The molecule has 29 heavy (non-hydrogen) atoms. The number of nitrogens with one attached hydrogen (secondary N) is 2. The van der Waals surface area contributed by atoms with Gasteiger partial charge in [0.15, 0.2) is 5.11 Å². The molecule has 3 heterocycles. The maximum atomic E-state index is 5.63. The molecule has 2 N–H and O–H groups in total. The number of piperidine rings is 1. The van der Waals surface area contributed by atoms with Crippen molar-refractivity contribution < 1.29 is 0 Å². The van der Waals surface area contributed by atoms with Crippen molar-refractivity contribution >= 4 is 49.9 Å². The van der Waals surface area contributed by atoms with Crippen molar-refractivity contribution in [3.8, 4) is 0 Å². The van der Waals surface area contributed by atoms with Crippen molar-refractivity contribution in [2.75, 3.05) is 19.6 Å². The minimum Gasteiger partial charge on any atom is -0.362 e. The smallest absolute Gasteiger partial charge is 0.168 e. The fourth-order valence-corrected chi connectivity index (χ4v) is 5.34. The van der Waals surface area contributed by atoms with Crippen molar-refractivity contribution in [1.82, 2.24) is 25.2 Å². The molecule has 2 aromatic carbocycles. The summed E-state index contributed by atoms with van der Waals surface area (Å²) in [7, 11) is 0. The molecule has 0 saturated carbocycles. The maximum Gasteiger partial charge on any atom is 0.168 e. The van der Waals surface area contributed by atoms with Crippen molar-refractivity contribution in [2.24, 2.45) is 0 Å². The lowest BCUT2D eigenvalue weighted by Gasteiger charge is -2.33. The van der Waals surface area contributed by atoms with Crippen molar-refractivity contribution in [2.45, 2.75) is 25.2 Å². The summed E-state index contributed by atoms with van der Waals surface area (Å²) < 4.78 is 1.28. The van der Waals surface area contributed by atoms with Gasteiger partial charge in [-0.05, 0) is 49.3 Å². The summed E-state index contributed by atoms with van der Waals surface area (Å²) in [6.07, 6.45) is 3.04. The number of likely N-dealkylation sites (tertiary alicyclic amines) is 1. The fraction of sp³-hybridized carbons (Fsp3) is 0.318. The Morgan fingerprint density at radius 3 is 2.62 bits per heavy atom. The van der Waals surface area contributed by atoms with Gasteiger partial charge < -0.3 is 15.2 Å². The van der Waals surface area contributed by atoms with Gasteiger partial charge in [-0.25, -0.2) is 9.97 Å². The molecule has 1 fully saturated rings. The number of thiocarbonyl (C=S) groups is 1. The minimum absolute atomic E-state index is 0.544. The zero-order valence-electron chi connectivity index (χ0n) is 16.1. The van der Waals surface area contributed by atoms with E-state index in [4.69, 9.17) is 17.2 Å². The molecular formula is C22H23N5S2. The zero-order valence-corrected chi connectivity index (χ0v) is 17.7. The van der Waals surface area contributed by atoms with Crippen LogP contribution in [0.4, 0.5) is 0 Å². The van der Waals surface area contributed by atoms with Gasteiger partial charge in [0.05, 0.1) is 26.3 Å². The lowest BCUT2D eigenvalue weighted by atomic mass is 9.98. The summed E-state index contributed by atoms with van der Waals surface area (Å²) in [6.45, 7) is 2.75. The van der Waals surface area contributed by atoms with Gasteiger partial charge in [-0.3, -0.25) is 0 Å². The van der Waals surface area contributed by atoms with Crippen LogP contribution in [0.5, 0.6) is 0 Å². The number of fused-ring (bicyclic) bond motifs is 2. The van der Waals surface area contributed by atoms with Crippen LogP contribution in [0, 0.1) is 0 Å². The second-order valence-corrected chi connectivity index (χ2v) is 8.91. The Balaban J connectivity index is 1.12. The van der Waals surface area contributed by atoms with Gasteiger partial charge >= 0.3 is 0 Å².